The zero-order valence-electron chi connectivity index (χ0n) is 15.7. The maximum absolute atomic E-state index is 13.0. The Morgan fingerprint density at radius 2 is 1.81 bits per heavy atom. The molecule has 26 heavy (non-hydrogen) atoms. The van der Waals surface area contributed by atoms with Gasteiger partial charge in [-0.3, -0.25) is 14.7 Å². The minimum atomic E-state index is -0.473. The second-order valence-electron chi connectivity index (χ2n) is 6.96. The molecule has 2 heterocycles. The van der Waals surface area contributed by atoms with E-state index >= 15 is 0 Å². The average molecular weight is 358 g/mol. The van der Waals surface area contributed by atoms with Gasteiger partial charge in [-0.1, -0.05) is 30.3 Å². The quantitative estimate of drug-likeness (QED) is 0.816. The molecule has 0 bridgehead atoms. The Kier molecular flexibility index (Phi) is 5.13. The summed E-state index contributed by atoms with van der Waals surface area (Å²) < 4.78 is 0. The predicted molar refractivity (Wildman–Crippen MR) is 99.5 cm³/mol. The molecule has 3 rings (SSSR count). The van der Waals surface area contributed by atoms with E-state index in [1.807, 2.05) is 56.4 Å². The highest BCUT2D eigenvalue weighted by Gasteiger charge is 2.51. The van der Waals surface area contributed by atoms with Gasteiger partial charge in [0.2, 0.25) is 0 Å². The highest BCUT2D eigenvalue weighted by Crippen LogP contribution is 2.25. The van der Waals surface area contributed by atoms with Crippen LogP contribution in [0.5, 0.6) is 0 Å². The number of carbonyl (C=O) groups excluding carboxylic acids is 2. The minimum Gasteiger partial charge on any atom is -0.334 e. The summed E-state index contributed by atoms with van der Waals surface area (Å²) >= 11 is 0. The second kappa shape index (κ2) is 7.33. The third-order valence-electron chi connectivity index (χ3n) is 4.79. The summed E-state index contributed by atoms with van der Waals surface area (Å²) in [5, 5.41) is 3.23. The fourth-order valence-corrected chi connectivity index (χ4v) is 3.25. The van der Waals surface area contributed by atoms with Gasteiger partial charge in [-0.25, -0.2) is 4.79 Å². The molecule has 0 aliphatic carbocycles. The van der Waals surface area contributed by atoms with E-state index < -0.39 is 12.2 Å². The molecule has 2 unspecified atom stereocenters. The summed E-state index contributed by atoms with van der Waals surface area (Å²) in [6.07, 6.45) is -0.398. The minimum absolute atomic E-state index is 0.199. The van der Waals surface area contributed by atoms with E-state index in [1.54, 1.807) is 11.9 Å². The first-order chi connectivity index (χ1) is 12.4. The molecule has 2 atom stereocenters. The van der Waals surface area contributed by atoms with Gasteiger partial charge in [0.1, 0.15) is 6.17 Å². The first-order valence-corrected chi connectivity index (χ1v) is 8.71. The van der Waals surface area contributed by atoms with Crippen molar-refractivity contribution in [3.63, 3.8) is 0 Å². The fourth-order valence-electron chi connectivity index (χ4n) is 3.25. The average Bonchev–Trinajstić information content (AvgIpc) is 2.94. The molecule has 3 amide bonds. The number of likely N-dealkylation sites (N-methyl/N-ethyl adjacent to an activating group) is 3. The number of hydrogen-bond donors (Lipinski definition) is 1. The molecule has 2 aliphatic heterocycles. The molecule has 8 heteroatoms. The number of nitrogens with zero attached hydrogens (tertiary/aromatic N) is 5. The van der Waals surface area contributed by atoms with Crippen molar-refractivity contribution in [2.24, 2.45) is 4.99 Å². The number of nitrogens with one attached hydrogen (secondary N) is 1. The lowest BCUT2D eigenvalue weighted by molar-refractivity contribution is -0.137. The number of guanidine groups is 1. The topological polar surface area (TPSA) is 71.5 Å². The number of urea groups is 1. The molecule has 2 saturated heterocycles. The Hall–Kier alpha value is -2.61. The SMILES string of the molecule is CN(C)CCN=C1NC2C(C(=O)N(Cc3ccccc3)C(=O)N2C)N1C. The van der Waals surface area contributed by atoms with Crippen LogP contribution in [0.2, 0.25) is 0 Å². The van der Waals surface area contributed by atoms with Crippen LogP contribution in [-0.4, -0.2) is 91.0 Å². The van der Waals surface area contributed by atoms with E-state index in [2.05, 4.69) is 15.2 Å². The van der Waals surface area contributed by atoms with Gasteiger partial charge in [0, 0.05) is 20.6 Å². The van der Waals surface area contributed by atoms with E-state index in [1.165, 1.54) is 4.90 Å². The number of fused-ring (bicyclic) bond motifs is 1. The molecule has 0 saturated carbocycles. The van der Waals surface area contributed by atoms with Crippen LogP contribution in [0.1, 0.15) is 5.56 Å². The van der Waals surface area contributed by atoms with Crippen molar-refractivity contribution in [2.75, 3.05) is 41.3 Å². The molecule has 8 nitrogen and oxygen atoms in total. The first-order valence-electron chi connectivity index (χ1n) is 8.71. The van der Waals surface area contributed by atoms with Crippen molar-refractivity contribution in [3.8, 4) is 0 Å². The summed E-state index contributed by atoms with van der Waals surface area (Å²) in [5.41, 5.74) is 0.925. The lowest BCUT2D eigenvalue weighted by Crippen LogP contribution is -2.65. The number of aliphatic imine (C=N–C) groups is 1. The van der Waals surface area contributed by atoms with Gasteiger partial charge in [0.25, 0.3) is 5.91 Å². The number of imide groups is 1. The van der Waals surface area contributed by atoms with Crippen LogP contribution in [-0.2, 0) is 11.3 Å². The van der Waals surface area contributed by atoms with E-state index in [4.69, 9.17) is 0 Å². The van der Waals surface area contributed by atoms with Crippen molar-refractivity contribution >= 4 is 17.9 Å². The number of rotatable bonds is 5. The zero-order chi connectivity index (χ0) is 18.8. The van der Waals surface area contributed by atoms with Crippen LogP contribution in [0, 0.1) is 0 Å². The van der Waals surface area contributed by atoms with Crippen molar-refractivity contribution in [1.82, 2.24) is 24.9 Å². The van der Waals surface area contributed by atoms with Gasteiger partial charge < -0.3 is 20.0 Å². The van der Waals surface area contributed by atoms with Gasteiger partial charge in [-0.2, -0.15) is 0 Å². The van der Waals surface area contributed by atoms with Crippen LogP contribution in [0.25, 0.3) is 0 Å². The van der Waals surface area contributed by atoms with Gasteiger partial charge in [-0.15, -0.1) is 0 Å². The van der Waals surface area contributed by atoms with Crippen molar-refractivity contribution < 1.29 is 9.59 Å². The van der Waals surface area contributed by atoms with E-state index in [0.29, 0.717) is 12.5 Å². The lowest BCUT2D eigenvalue weighted by atomic mass is 10.1. The van der Waals surface area contributed by atoms with Gasteiger partial charge in [0.05, 0.1) is 13.1 Å². The molecule has 1 aromatic carbocycles. The maximum atomic E-state index is 13.0. The van der Waals surface area contributed by atoms with Crippen LogP contribution >= 0.6 is 0 Å². The molecule has 0 spiro atoms. The molecule has 2 fully saturated rings. The largest absolute Gasteiger partial charge is 0.334 e. The van der Waals surface area contributed by atoms with E-state index in [9.17, 15) is 9.59 Å². The molecular weight excluding hydrogens is 332 g/mol. The molecule has 2 aliphatic rings. The second-order valence-corrected chi connectivity index (χ2v) is 6.96. The number of benzene rings is 1. The predicted octanol–water partition coefficient (Wildman–Crippen LogP) is 0.228. The Labute approximate surface area is 154 Å². The summed E-state index contributed by atoms with van der Waals surface area (Å²) in [5.74, 6) is 0.450. The zero-order valence-corrected chi connectivity index (χ0v) is 15.7. The third-order valence-corrected chi connectivity index (χ3v) is 4.79. The molecule has 1 N–H and O–H groups in total. The summed E-state index contributed by atoms with van der Waals surface area (Å²) in [4.78, 5) is 37.1. The standard InChI is InChI=1S/C18H26N6O2/c1-21(2)11-10-19-17-20-15-14(22(17)3)16(25)24(18(26)23(15)4)12-13-8-6-5-7-9-13/h5-9,14-15H,10-12H2,1-4H3,(H,19,20). The Balaban J connectivity index is 1.79. The lowest BCUT2D eigenvalue weighted by Gasteiger charge is -2.40. The maximum Gasteiger partial charge on any atom is 0.328 e. The Bertz CT molecular complexity index is 705. The van der Waals surface area contributed by atoms with Gasteiger partial charge in [-0.05, 0) is 19.7 Å². The first kappa shape index (κ1) is 18.2. The molecule has 1 aromatic rings. The summed E-state index contributed by atoms with van der Waals surface area (Å²) in [6, 6.07) is 8.78. The highest BCUT2D eigenvalue weighted by atomic mass is 16.2. The normalized spacial score (nSPS) is 24.5. The smallest absolute Gasteiger partial charge is 0.328 e. The fraction of sp³-hybridized carbons (Fsp3) is 0.500. The molecule has 0 aromatic heterocycles. The summed E-state index contributed by atoms with van der Waals surface area (Å²) in [6.45, 7) is 1.71. The van der Waals surface area contributed by atoms with Crippen molar-refractivity contribution in [1.29, 1.82) is 0 Å². The number of carbonyl (C=O) groups is 2. The number of hydrogen-bond acceptors (Lipinski definition) is 4. The Morgan fingerprint density at radius 1 is 1.12 bits per heavy atom. The Morgan fingerprint density at radius 3 is 2.46 bits per heavy atom. The van der Waals surface area contributed by atoms with Crippen LogP contribution in [0.3, 0.4) is 0 Å². The highest BCUT2D eigenvalue weighted by molar-refractivity contribution is 6.04. The van der Waals surface area contributed by atoms with Gasteiger partial charge >= 0.3 is 6.03 Å². The summed E-state index contributed by atoms with van der Waals surface area (Å²) in [7, 11) is 7.54. The van der Waals surface area contributed by atoms with Crippen LogP contribution in [0.15, 0.2) is 35.3 Å². The van der Waals surface area contributed by atoms with E-state index in [0.717, 1.165) is 12.1 Å². The molecule has 140 valence electrons. The van der Waals surface area contributed by atoms with Gasteiger partial charge in [0.15, 0.2) is 12.0 Å². The van der Waals surface area contributed by atoms with Crippen molar-refractivity contribution in [3.05, 3.63) is 35.9 Å². The van der Waals surface area contributed by atoms with Crippen LogP contribution in [0.4, 0.5) is 4.79 Å². The van der Waals surface area contributed by atoms with E-state index in [-0.39, 0.29) is 18.5 Å². The third kappa shape index (κ3) is 3.37. The van der Waals surface area contributed by atoms with Crippen LogP contribution < -0.4 is 5.32 Å². The molecule has 0 radical (unpaired) electrons. The number of amides is 3. The molecular formula is C18H26N6O2. The van der Waals surface area contributed by atoms with Crippen molar-refractivity contribution in [2.45, 2.75) is 18.8 Å². The monoisotopic (exact) mass is 358 g/mol.